The van der Waals surface area contributed by atoms with E-state index >= 15 is 0 Å². The molecule has 0 aliphatic rings. The summed E-state index contributed by atoms with van der Waals surface area (Å²) in [5.74, 6) is 0. The van der Waals surface area contributed by atoms with Crippen LogP contribution in [0.4, 0.5) is 0 Å². The molecule has 0 nitrogen and oxygen atoms in total. The molecule has 0 aliphatic heterocycles. The molecule has 0 aromatic heterocycles. The summed E-state index contributed by atoms with van der Waals surface area (Å²) in [6, 6.07) is 6.05. The lowest BCUT2D eigenvalue weighted by Crippen LogP contribution is -1.76. The molecule has 9 heavy (non-hydrogen) atoms. The van der Waals surface area contributed by atoms with E-state index in [1.165, 1.54) is 3.57 Å². The Labute approximate surface area is 76.9 Å². The van der Waals surface area contributed by atoms with Crippen LogP contribution >= 0.6 is 38.5 Å². The molecule has 1 aromatic carbocycles. The molecule has 0 unspecified atom stereocenters. The first-order valence-corrected chi connectivity index (χ1v) is 4.34. The van der Waals surface area contributed by atoms with E-state index in [-0.39, 0.29) is 0 Å². The van der Waals surface area contributed by atoms with Crippen LogP contribution in [0.5, 0.6) is 0 Å². The summed E-state index contributed by atoms with van der Waals surface area (Å²) in [5, 5.41) is 0. The average Bonchev–Trinajstić information content (AvgIpc) is 1.80. The van der Waals surface area contributed by atoms with Crippen LogP contribution in [0.2, 0.25) is 0 Å². The van der Waals surface area contributed by atoms with Gasteiger partial charge < -0.3 is 0 Å². The number of halogens is 2. The maximum Gasteiger partial charge on any atom is 0.0178 e. The van der Waals surface area contributed by atoms with Crippen LogP contribution in [0.25, 0.3) is 0 Å². The van der Waals surface area contributed by atoms with Gasteiger partial charge in [-0.25, -0.2) is 0 Å². The van der Waals surface area contributed by atoms with E-state index in [9.17, 15) is 0 Å². The van der Waals surface area contributed by atoms with E-state index in [0.29, 0.717) is 0 Å². The van der Waals surface area contributed by atoms with Gasteiger partial charge in [-0.2, -0.15) is 0 Å². The summed E-state index contributed by atoms with van der Waals surface area (Å²) < 4.78 is 2.30. The van der Waals surface area contributed by atoms with E-state index in [1.807, 2.05) is 18.2 Å². The highest BCUT2D eigenvalue weighted by Crippen LogP contribution is 2.16. The van der Waals surface area contributed by atoms with Gasteiger partial charge >= 0.3 is 0 Å². The molecule has 1 radical (unpaired) electrons. The molecule has 0 heterocycles. The summed E-state index contributed by atoms with van der Waals surface area (Å²) >= 11 is 5.61. The highest BCUT2D eigenvalue weighted by atomic mass is 127. The van der Waals surface area contributed by atoms with Crippen LogP contribution in [0, 0.1) is 10.5 Å². The zero-order valence-corrected chi connectivity index (χ0v) is 8.44. The van der Waals surface area contributed by atoms with E-state index < -0.39 is 0 Å². The molecule has 0 atom stereocenters. The first-order valence-electron chi connectivity index (χ1n) is 2.47. The highest BCUT2D eigenvalue weighted by Gasteiger charge is 1.91. The highest BCUT2D eigenvalue weighted by molar-refractivity contribution is 14.1. The first kappa shape index (κ1) is 7.54. The minimum absolute atomic E-state index is 1.07. The minimum atomic E-state index is 1.07. The van der Waals surface area contributed by atoms with Crippen LogP contribution in [0.3, 0.4) is 0 Å². The second-order valence-electron chi connectivity index (χ2n) is 1.74. The van der Waals surface area contributed by atoms with E-state index in [1.54, 1.807) is 0 Å². The van der Waals surface area contributed by atoms with Gasteiger partial charge in [-0.05, 0) is 53.3 Å². The Balaban J connectivity index is 3.17. The fourth-order valence-electron chi connectivity index (χ4n) is 0.543. The van der Waals surface area contributed by atoms with Crippen molar-refractivity contribution >= 4 is 38.5 Å². The third-order valence-electron chi connectivity index (χ3n) is 1.01. The minimum Gasteiger partial charge on any atom is -0.0508 e. The van der Waals surface area contributed by atoms with Gasteiger partial charge in [-0.1, -0.05) is 15.9 Å². The van der Waals surface area contributed by atoms with Gasteiger partial charge in [0.1, 0.15) is 0 Å². The lowest BCUT2D eigenvalue weighted by molar-refractivity contribution is 1.52. The van der Waals surface area contributed by atoms with Crippen LogP contribution in [-0.4, -0.2) is 0 Å². The second-order valence-corrected chi connectivity index (χ2v) is 3.81. The Morgan fingerprint density at radius 2 is 2.11 bits per heavy atom. The number of rotatable bonds is 0. The van der Waals surface area contributed by atoms with Crippen molar-refractivity contribution in [2.75, 3.05) is 0 Å². The molecule has 2 heteroatoms. The molecule has 0 saturated carbocycles. The van der Waals surface area contributed by atoms with Crippen molar-refractivity contribution in [2.24, 2.45) is 0 Å². The summed E-state index contributed by atoms with van der Waals surface area (Å²) in [4.78, 5) is 0. The van der Waals surface area contributed by atoms with Crippen LogP contribution in [0.15, 0.2) is 22.7 Å². The first-order chi connectivity index (χ1) is 4.20. The molecular formula is C7H5BrI. The van der Waals surface area contributed by atoms with Gasteiger partial charge in [0.25, 0.3) is 0 Å². The third kappa shape index (κ3) is 1.93. The number of hydrogen-bond acceptors (Lipinski definition) is 0. The summed E-state index contributed by atoms with van der Waals surface area (Å²) in [7, 11) is 0. The molecule has 0 spiro atoms. The Hall–Kier alpha value is 0.430. The molecule has 0 saturated heterocycles. The Bertz CT molecular complexity index is 220. The number of benzene rings is 1. The van der Waals surface area contributed by atoms with Gasteiger partial charge in [-0.15, -0.1) is 0 Å². The average molecular weight is 296 g/mol. The topological polar surface area (TPSA) is 0 Å². The standard InChI is InChI=1S/C7H5BrI/c1-5-4-6(8)2-3-7(5)9/h2-4H,1H2. The summed E-state index contributed by atoms with van der Waals surface area (Å²) in [5.41, 5.74) is 1.07. The lowest BCUT2D eigenvalue weighted by Gasteiger charge is -1.95. The Kier molecular flexibility index (Phi) is 2.52. The zero-order chi connectivity index (χ0) is 6.85. The molecule has 0 bridgehead atoms. The molecule has 47 valence electrons. The molecule has 0 amide bonds. The third-order valence-corrected chi connectivity index (χ3v) is 2.55. The van der Waals surface area contributed by atoms with Crippen molar-refractivity contribution in [3.63, 3.8) is 0 Å². The summed E-state index contributed by atoms with van der Waals surface area (Å²) in [6.45, 7) is 3.84. The van der Waals surface area contributed by atoms with Crippen LogP contribution in [0.1, 0.15) is 5.56 Å². The summed E-state index contributed by atoms with van der Waals surface area (Å²) in [6.07, 6.45) is 0. The zero-order valence-electron chi connectivity index (χ0n) is 4.70. The normalized spacial score (nSPS) is 9.67. The molecule has 0 N–H and O–H groups in total. The largest absolute Gasteiger partial charge is 0.0508 e. The fraction of sp³-hybridized carbons (Fsp3) is 0. The maximum absolute atomic E-state index is 3.84. The van der Waals surface area contributed by atoms with Gasteiger partial charge in [0.15, 0.2) is 0 Å². The SMILES string of the molecule is [CH2]c1cc(Br)ccc1I. The predicted molar refractivity (Wildman–Crippen MR) is 51.3 cm³/mol. The van der Waals surface area contributed by atoms with Crippen molar-refractivity contribution in [1.82, 2.24) is 0 Å². The smallest absolute Gasteiger partial charge is 0.0178 e. The lowest BCUT2D eigenvalue weighted by atomic mass is 10.2. The molecule has 1 rings (SSSR count). The van der Waals surface area contributed by atoms with Crippen LogP contribution < -0.4 is 0 Å². The second kappa shape index (κ2) is 3.01. The molecule has 0 aliphatic carbocycles. The van der Waals surface area contributed by atoms with Gasteiger partial charge in [-0.3, -0.25) is 0 Å². The Morgan fingerprint density at radius 3 is 2.56 bits per heavy atom. The van der Waals surface area contributed by atoms with E-state index in [0.717, 1.165) is 10.0 Å². The van der Waals surface area contributed by atoms with Gasteiger partial charge in [0.05, 0.1) is 0 Å². The molecule has 0 fully saturated rings. The van der Waals surface area contributed by atoms with Crippen molar-refractivity contribution in [2.45, 2.75) is 0 Å². The van der Waals surface area contributed by atoms with Gasteiger partial charge in [0.2, 0.25) is 0 Å². The van der Waals surface area contributed by atoms with Crippen molar-refractivity contribution in [3.05, 3.63) is 38.7 Å². The van der Waals surface area contributed by atoms with E-state index in [4.69, 9.17) is 0 Å². The van der Waals surface area contributed by atoms with E-state index in [2.05, 4.69) is 45.4 Å². The van der Waals surface area contributed by atoms with Crippen molar-refractivity contribution < 1.29 is 0 Å². The number of hydrogen-bond donors (Lipinski definition) is 0. The monoisotopic (exact) mass is 295 g/mol. The predicted octanol–water partition coefficient (Wildman–Crippen LogP) is 3.24. The van der Waals surface area contributed by atoms with Crippen LogP contribution in [-0.2, 0) is 0 Å². The maximum atomic E-state index is 3.84. The quantitative estimate of drug-likeness (QED) is 0.645. The molecule has 1 aromatic rings. The van der Waals surface area contributed by atoms with Crippen molar-refractivity contribution in [1.29, 1.82) is 0 Å². The Morgan fingerprint density at radius 1 is 1.44 bits per heavy atom. The van der Waals surface area contributed by atoms with Crippen molar-refractivity contribution in [3.8, 4) is 0 Å². The fourth-order valence-corrected chi connectivity index (χ4v) is 1.29. The van der Waals surface area contributed by atoms with Gasteiger partial charge in [0, 0.05) is 8.04 Å². The molecular weight excluding hydrogens is 291 g/mol.